The summed E-state index contributed by atoms with van der Waals surface area (Å²) < 4.78 is 1.98. The molecule has 2 heterocycles. The Bertz CT molecular complexity index is 1060. The van der Waals surface area contributed by atoms with Crippen LogP contribution >= 0.6 is 12.4 Å². The van der Waals surface area contributed by atoms with Gasteiger partial charge in [-0.15, -0.1) is 12.4 Å². The summed E-state index contributed by atoms with van der Waals surface area (Å²) in [4.78, 5) is 17.4. The van der Waals surface area contributed by atoms with Gasteiger partial charge in [-0.25, -0.2) is 4.98 Å². The largest absolute Gasteiger partial charge is 0.395 e. The van der Waals surface area contributed by atoms with E-state index in [0.717, 1.165) is 22.2 Å². The average molecular weight is 359 g/mol. The van der Waals surface area contributed by atoms with Gasteiger partial charge in [0.15, 0.2) is 5.43 Å². The molecule has 0 unspecified atom stereocenters. The lowest BCUT2D eigenvalue weighted by Crippen LogP contribution is -2.25. The normalized spacial score (nSPS) is 11.2. The third-order valence-electron chi connectivity index (χ3n) is 4.25. The number of hydrogen-bond acceptors (Lipinski definition) is 5. The number of hydrogen-bond donors (Lipinski definition) is 3. The molecule has 0 saturated heterocycles. The molecular formula is C18H19ClN4O2. The van der Waals surface area contributed by atoms with Gasteiger partial charge in [0.25, 0.3) is 0 Å². The molecule has 4 aromatic rings. The summed E-state index contributed by atoms with van der Waals surface area (Å²) in [6.45, 7) is 2.06. The van der Waals surface area contributed by atoms with Crippen LogP contribution in [0.5, 0.6) is 0 Å². The molecule has 0 spiro atoms. The molecule has 25 heavy (non-hydrogen) atoms. The van der Waals surface area contributed by atoms with Crippen LogP contribution in [0.2, 0.25) is 0 Å². The second-order valence-electron chi connectivity index (χ2n) is 5.72. The van der Waals surface area contributed by atoms with Crippen LogP contribution in [0.25, 0.3) is 27.3 Å². The Hall–Kier alpha value is -2.41. The van der Waals surface area contributed by atoms with Crippen molar-refractivity contribution in [1.29, 1.82) is 0 Å². The molecule has 0 saturated carbocycles. The van der Waals surface area contributed by atoms with E-state index in [-0.39, 0.29) is 24.4 Å². The maximum Gasteiger partial charge on any atom is 0.199 e. The zero-order chi connectivity index (χ0) is 16.5. The van der Waals surface area contributed by atoms with E-state index < -0.39 is 0 Å². The standard InChI is InChI=1S/C18H18N4O2.ClH/c23-10-9-19-7-8-20-13-5-6-14-17-16(13)18(24)12-3-1-2-4-15(12)22(17)11-21-14;/h1-6,11,19-20,23H,7-10H2;1H. The maximum absolute atomic E-state index is 13.0. The molecule has 2 aromatic carbocycles. The Morgan fingerprint density at radius 1 is 1.08 bits per heavy atom. The molecule has 0 radical (unpaired) electrons. The third-order valence-corrected chi connectivity index (χ3v) is 4.25. The Morgan fingerprint density at radius 3 is 2.76 bits per heavy atom. The summed E-state index contributed by atoms with van der Waals surface area (Å²) in [6.07, 6.45) is 1.77. The molecule has 0 aliphatic rings. The number of anilines is 1. The smallest absolute Gasteiger partial charge is 0.199 e. The fraction of sp³-hybridized carbons (Fsp3) is 0.222. The van der Waals surface area contributed by atoms with Crippen molar-refractivity contribution >= 4 is 45.4 Å². The van der Waals surface area contributed by atoms with Crippen molar-refractivity contribution in [2.24, 2.45) is 0 Å². The zero-order valence-corrected chi connectivity index (χ0v) is 14.3. The highest BCUT2D eigenvalue weighted by atomic mass is 35.5. The van der Waals surface area contributed by atoms with E-state index in [2.05, 4.69) is 15.6 Å². The van der Waals surface area contributed by atoms with Crippen molar-refractivity contribution in [2.45, 2.75) is 0 Å². The third kappa shape index (κ3) is 2.89. The van der Waals surface area contributed by atoms with Crippen LogP contribution < -0.4 is 16.1 Å². The Labute approximate surface area is 150 Å². The van der Waals surface area contributed by atoms with Gasteiger partial charge in [0, 0.05) is 30.7 Å². The zero-order valence-electron chi connectivity index (χ0n) is 13.5. The van der Waals surface area contributed by atoms with Crippen molar-refractivity contribution in [2.75, 3.05) is 31.6 Å². The summed E-state index contributed by atoms with van der Waals surface area (Å²) in [6, 6.07) is 11.4. The van der Waals surface area contributed by atoms with Crippen LogP contribution in [0, 0.1) is 0 Å². The minimum atomic E-state index is 0. The van der Waals surface area contributed by atoms with Gasteiger partial charge in [-0.3, -0.25) is 9.20 Å². The van der Waals surface area contributed by atoms with E-state index in [1.165, 1.54) is 0 Å². The number of nitrogens with zero attached hydrogens (tertiary/aromatic N) is 2. The number of pyridine rings is 1. The fourth-order valence-corrected chi connectivity index (χ4v) is 3.17. The Kier molecular flexibility index (Phi) is 5.03. The van der Waals surface area contributed by atoms with Gasteiger partial charge in [-0.1, -0.05) is 12.1 Å². The molecule has 130 valence electrons. The predicted molar refractivity (Wildman–Crippen MR) is 103 cm³/mol. The van der Waals surface area contributed by atoms with Crippen LogP contribution in [-0.2, 0) is 0 Å². The topological polar surface area (TPSA) is 78.7 Å². The highest BCUT2D eigenvalue weighted by Gasteiger charge is 2.15. The molecule has 0 aliphatic carbocycles. The number of benzene rings is 2. The summed E-state index contributed by atoms with van der Waals surface area (Å²) >= 11 is 0. The van der Waals surface area contributed by atoms with E-state index in [9.17, 15) is 4.79 Å². The number of para-hydroxylation sites is 1. The molecule has 7 heteroatoms. The SMILES string of the molecule is Cl.O=c1c2ccccc2n2cnc3ccc(NCCNCCO)c1c32. The van der Waals surface area contributed by atoms with Gasteiger partial charge in [-0.05, 0) is 24.3 Å². The van der Waals surface area contributed by atoms with Gasteiger partial charge in [0.05, 0.1) is 28.5 Å². The minimum Gasteiger partial charge on any atom is -0.395 e. The molecule has 6 nitrogen and oxygen atoms in total. The van der Waals surface area contributed by atoms with Gasteiger partial charge >= 0.3 is 0 Å². The summed E-state index contributed by atoms with van der Waals surface area (Å²) in [5.74, 6) is 0. The molecule has 0 bridgehead atoms. The van der Waals surface area contributed by atoms with Crippen LogP contribution in [0.3, 0.4) is 0 Å². The number of halogens is 1. The van der Waals surface area contributed by atoms with E-state index in [0.29, 0.717) is 30.4 Å². The first-order valence-electron chi connectivity index (χ1n) is 8.01. The summed E-state index contributed by atoms with van der Waals surface area (Å²) in [5.41, 5.74) is 3.38. The first-order chi connectivity index (χ1) is 11.8. The van der Waals surface area contributed by atoms with Crippen molar-refractivity contribution in [3.05, 3.63) is 52.9 Å². The molecular weight excluding hydrogens is 340 g/mol. The van der Waals surface area contributed by atoms with Gasteiger partial charge in [-0.2, -0.15) is 0 Å². The summed E-state index contributed by atoms with van der Waals surface area (Å²) in [7, 11) is 0. The number of aliphatic hydroxyl groups is 1. The lowest BCUT2D eigenvalue weighted by atomic mass is 10.1. The number of nitrogens with one attached hydrogen (secondary N) is 2. The molecule has 0 fully saturated rings. The number of aliphatic hydroxyl groups excluding tert-OH is 1. The lowest BCUT2D eigenvalue weighted by Gasteiger charge is -2.11. The number of fused-ring (bicyclic) bond motifs is 2. The van der Waals surface area contributed by atoms with Gasteiger partial charge in [0.2, 0.25) is 0 Å². The number of rotatable bonds is 6. The molecule has 0 aliphatic heterocycles. The predicted octanol–water partition coefficient (Wildman–Crippen LogP) is 1.85. The van der Waals surface area contributed by atoms with Crippen molar-refractivity contribution in [3.63, 3.8) is 0 Å². The van der Waals surface area contributed by atoms with Crippen LogP contribution in [0.15, 0.2) is 47.5 Å². The van der Waals surface area contributed by atoms with Crippen molar-refractivity contribution in [3.8, 4) is 0 Å². The van der Waals surface area contributed by atoms with Crippen LogP contribution in [-0.4, -0.2) is 40.7 Å². The molecule has 2 aromatic heterocycles. The second kappa shape index (κ2) is 7.23. The molecule has 0 atom stereocenters. The van der Waals surface area contributed by atoms with E-state index in [1.807, 2.05) is 40.8 Å². The molecule has 3 N–H and O–H groups in total. The van der Waals surface area contributed by atoms with Crippen LogP contribution in [0.1, 0.15) is 0 Å². The highest BCUT2D eigenvalue weighted by Crippen LogP contribution is 2.28. The quantitative estimate of drug-likeness (QED) is 0.362. The van der Waals surface area contributed by atoms with Crippen LogP contribution in [0.4, 0.5) is 5.69 Å². The monoisotopic (exact) mass is 358 g/mol. The van der Waals surface area contributed by atoms with Crippen molar-refractivity contribution < 1.29 is 5.11 Å². The summed E-state index contributed by atoms with van der Waals surface area (Å²) in [5, 5.41) is 16.6. The maximum atomic E-state index is 13.0. The first kappa shape index (κ1) is 17.4. The highest BCUT2D eigenvalue weighted by molar-refractivity contribution is 6.06. The lowest BCUT2D eigenvalue weighted by molar-refractivity contribution is 0.293. The van der Waals surface area contributed by atoms with Gasteiger partial charge < -0.3 is 15.7 Å². The number of imidazole rings is 1. The van der Waals surface area contributed by atoms with Crippen molar-refractivity contribution in [1.82, 2.24) is 14.7 Å². The van der Waals surface area contributed by atoms with E-state index >= 15 is 0 Å². The Morgan fingerprint density at radius 2 is 1.92 bits per heavy atom. The molecule has 4 rings (SSSR count). The minimum absolute atomic E-state index is 0. The Balaban J connectivity index is 0.00000182. The van der Waals surface area contributed by atoms with Gasteiger partial charge in [0.1, 0.15) is 6.33 Å². The number of aromatic nitrogens is 2. The van der Waals surface area contributed by atoms with E-state index in [1.54, 1.807) is 6.33 Å². The average Bonchev–Trinajstić information content (AvgIpc) is 3.04. The first-order valence-corrected chi connectivity index (χ1v) is 8.01. The molecule has 0 amide bonds. The van der Waals surface area contributed by atoms with E-state index in [4.69, 9.17) is 5.11 Å². The second-order valence-corrected chi connectivity index (χ2v) is 5.72. The fourth-order valence-electron chi connectivity index (χ4n) is 3.17.